The highest BCUT2D eigenvalue weighted by Crippen LogP contribution is 2.28. The predicted octanol–water partition coefficient (Wildman–Crippen LogP) is 5.75. The zero-order chi connectivity index (χ0) is 21.0. The van der Waals surface area contributed by atoms with Gasteiger partial charge < -0.3 is 5.32 Å². The first-order valence-corrected chi connectivity index (χ1v) is 10.5. The molecule has 6 nitrogen and oxygen atoms in total. The monoisotopic (exact) mass is 423 g/mol. The van der Waals surface area contributed by atoms with E-state index in [4.69, 9.17) is 0 Å². The molecular weight excluding hydrogens is 406 g/mol. The third kappa shape index (κ3) is 4.26. The average molecular weight is 424 g/mol. The zero-order valence-electron chi connectivity index (χ0n) is 16.3. The second-order valence-electron chi connectivity index (χ2n) is 6.85. The third-order valence-electron chi connectivity index (χ3n) is 4.77. The van der Waals surface area contributed by atoms with Crippen molar-refractivity contribution in [3.63, 3.8) is 0 Å². The molecule has 1 amide bonds. The largest absolute Gasteiger partial charge is 0.340 e. The molecule has 0 unspecified atom stereocenters. The van der Waals surface area contributed by atoms with Gasteiger partial charge in [0.2, 0.25) is 0 Å². The first-order valence-electron chi connectivity index (χ1n) is 9.64. The lowest BCUT2D eigenvalue weighted by molar-refractivity contribution is 0.102. The molecule has 2 aromatic heterocycles. The van der Waals surface area contributed by atoms with Gasteiger partial charge in [0.25, 0.3) is 5.91 Å². The lowest BCUT2D eigenvalue weighted by Crippen LogP contribution is -2.11. The number of carbonyl (C=O) groups is 1. The first-order chi connectivity index (χ1) is 15.2. The minimum atomic E-state index is -0.201. The van der Waals surface area contributed by atoms with Crippen LogP contribution in [0.3, 0.4) is 0 Å². The van der Waals surface area contributed by atoms with E-state index >= 15 is 0 Å². The molecule has 7 heteroatoms. The summed E-state index contributed by atoms with van der Waals surface area (Å²) in [6.07, 6.45) is 3.14. The van der Waals surface area contributed by atoms with E-state index in [2.05, 4.69) is 49.9 Å². The molecule has 5 rings (SSSR count). The lowest BCUT2D eigenvalue weighted by atomic mass is 10.1. The molecule has 2 N–H and O–H groups in total. The highest BCUT2D eigenvalue weighted by Gasteiger charge is 2.11. The van der Waals surface area contributed by atoms with Crippen molar-refractivity contribution in [3.05, 3.63) is 96.3 Å². The Balaban J connectivity index is 1.28. The fourth-order valence-electron chi connectivity index (χ4n) is 3.20. The van der Waals surface area contributed by atoms with Gasteiger partial charge in [-0.25, -0.2) is 15.0 Å². The Labute approximate surface area is 182 Å². The number of hydrogen-bond acceptors (Lipinski definition) is 6. The predicted molar refractivity (Wildman–Crippen MR) is 125 cm³/mol. The van der Waals surface area contributed by atoms with Gasteiger partial charge in [0.05, 0.1) is 5.69 Å². The Hall–Kier alpha value is -4.10. The Bertz CT molecular complexity index is 1350. The van der Waals surface area contributed by atoms with Gasteiger partial charge in [0, 0.05) is 28.4 Å². The SMILES string of the molecule is O=C(Nc1nc(-c2ccc3ccccc3c2)cs1)c1ccc(Nc2ccncn2)cc1. The molecule has 0 saturated carbocycles. The molecule has 0 radical (unpaired) electrons. The number of anilines is 3. The van der Waals surface area contributed by atoms with Crippen molar-refractivity contribution in [2.75, 3.05) is 10.6 Å². The van der Waals surface area contributed by atoms with Gasteiger partial charge in [0.15, 0.2) is 5.13 Å². The van der Waals surface area contributed by atoms with E-state index in [1.807, 2.05) is 35.7 Å². The Morgan fingerprint density at radius 1 is 0.903 bits per heavy atom. The molecule has 3 aromatic carbocycles. The first kappa shape index (κ1) is 18.9. The number of aromatic nitrogens is 3. The quantitative estimate of drug-likeness (QED) is 0.376. The number of benzene rings is 3. The number of thiazole rings is 1. The van der Waals surface area contributed by atoms with Crippen molar-refractivity contribution < 1.29 is 4.79 Å². The van der Waals surface area contributed by atoms with Crippen molar-refractivity contribution >= 4 is 44.7 Å². The van der Waals surface area contributed by atoms with E-state index in [9.17, 15) is 4.79 Å². The molecule has 0 aliphatic heterocycles. The summed E-state index contributed by atoms with van der Waals surface area (Å²) in [7, 11) is 0. The van der Waals surface area contributed by atoms with Crippen LogP contribution in [0.25, 0.3) is 22.0 Å². The number of carbonyl (C=O) groups excluding carboxylic acids is 1. The van der Waals surface area contributed by atoms with Crippen molar-refractivity contribution in [1.29, 1.82) is 0 Å². The normalized spacial score (nSPS) is 10.7. The summed E-state index contributed by atoms with van der Waals surface area (Å²) in [5.41, 5.74) is 3.25. The maximum absolute atomic E-state index is 12.6. The minimum Gasteiger partial charge on any atom is -0.340 e. The second-order valence-corrected chi connectivity index (χ2v) is 7.71. The van der Waals surface area contributed by atoms with Crippen molar-refractivity contribution in [1.82, 2.24) is 15.0 Å². The van der Waals surface area contributed by atoms with Crippen LogP contribution in [0.4, 0.5) is 16.6 Å². The van der Waals surface area contributed by atoms with Gasteiger partial charge in [-0.15, -0.1) is 11.3 Å². The van der Waals surface area contributed by atoms with Gasteiger partial charge in [-0.05, 0) is 47.2 Å². The number of amides is 1. The number of nitrogens with zero attached hydrogens (tertiary/aromatic N) is 3. The minimum absolute atomic E-state index is 0.201. The van der Waals surface area contributed by atoms with Crippen LogP contribution in [0.15, 0.2) is 90.7 Å². The number of rotatable bonds is 5. The van der Waals surface area contributed by atoms with Gasteiger partial charge in [-0.1, -0.05) is 36.4 Å². The van der Waals surface area contributed by atoms with Crippen LogP contribution in [0.1, 0.15) is 10.4 Å². The fourth-order valence-corrected chi connectivity index (χ4v) is 3.91. The van der Waals surface area contributed by atoms with Crippen LogP contribution in [0.5, 0.6) is 0 Å². The molecule has 31 heavy (non-hydrogen) atoms. The number of fused-ring (bicyclic) bond motifs is 1. The molecule has 0 saturated heterocycles. The number of nitrogens with one attached hydrogen (secondary N) is 2. The average Bonchev–Trinajstić information content (AvgIpc) is 3.28. The summed E-state index contributed by atoms with van der Waals surface area (Å²) in [5, 5.41) is 10.9. The number of hydrogen-bond donors (Lipinski definition) is 2. The van der Waals surface area contributed by atoms with Crippen LogP contribution in [-0.4, -0.2) is 20.9 Å². The highest BCUT2D eigenvalue weighted by atomic mass is 32.1. The molecule has 0 bridgehead atoms. The van der Waals surface area contributed by atoms with Gasteiger partial charge in [-0.3, -0.25) is 10.1 Å². The summed E-state index contributed by atoms with van der Waals surface area (Å²) in [5.74, 6) is 0.490. The molecule has 5 aromatic rings. The van der Waals surface area contributed by atoms with Crippen molar-refractivity contribution in [2.45, 2.75) is 0 Å². The van der Waals surface area contributed by atoms with E-state index in [0.717, 1.165) is 22.3 Å². The molecule has 0 aliphatic rings. The maximum Gasteiger partial charge on any atom is 0.257 e. The maximum atomic E-state index is 12.6. The molecular formula is C24H17N5OS. The van der Waals surface area contributed by atoms with Crippen LogP contribution >= 0.6 is 11.3 Å². The smallest absolute Gasteiger partial charge is 0.257 e. The lowest BCUT2D eigenvalue weighted by Gasteiger charge is -2.06. The third-order valence-corrected chi connectivity index (χ3v) is 5.53. The van der Waals surface area contributed by atoms with Gasteiger partial charge in [0.1, 0.15) is 12.1 Å². The standard InChI is InChI=1S/C24H17N5OS/c30-23(17-7-9-20(10-8-17)27-22-11-12-25-15-26-22)29-24-28-21(14-31-24)19-6-5-16-3-1-2-4-18(16)13-19/h1-15H,(H,25,26,27)(H,28,29,30). The molecule has 0 fully saturated rings. The van der Waals surface area contributed by atoms with Crippen LogP contribution in [0, 0.1) is 0 Å². The molecule has 2 heterocycles. The summed E-state index contributed by atoms with van der Waals surface area (Å²) in [4.78, 5) is 25.2. The second kappa shape index (κ2) is 8.33. The van der Waals surface area contributed by atoms with E-state index in [1.54, 1.807) is 24.4 Å². The van der Waals surface area contributed by atoms with Crippen LogP contribution in [-0.2, 0) is 0 Å². The van der Waals surface area contributed by atoms with E-state index < -0.39 is 0 Å². The Kier molecular flexibility index (Phi) is 5.08. The van der Waals surface area contributed by atoms with Gasteiger partial charge >= 0.3 is 0 Å². The molecule has 150 valence electrons. The van der Waals surface area contributed by atoms with Gasteiger partial charge in [-0.2, -0.15) is 0 Å². The van der Waals surface area contributed by atoms with E-state index in [0.29, 0.717) is 16.5 Å². The van der Waals surface area contributed by atoms with E-state index in [-0.39, 0.29) is 5.91 Å². The fraction of sp³-hybridized carbons (Fsp3) is 0. The Morgan fingerprint density at radius 3 is 2.55 bits per heavy atom. The highest BCUT2D eigenvalue weighted by molar-refractivity contribution is 7.14. The van der Waals surface area contributed by atoms with Crippen LogP contribution in [0.2, 0.25) is 0 Å². The van der Waals surface area contributed by atoms with Crippen molar-refractivity contribution in [3.8, 4) is 11.3 Å². The summed E-state index contributed by atoms with van der Waals surface area (Å²) in [6, 6.07) is 23.4. The van der Waals surface area contributed by atoms with Crippen LogP contribution < -0.4 is 10.6 Å². The summed E-state index contributed by atoms with van der Waals surface area (Å²) >= 11 is 1.41. The summed E-state index contributed by atoms with van der Waals surface area (Å²) < 4.78 is 0. The Morgan fingerprint density at radius 2 is 1.74 bits per heavy atom. The van der Waals surface area contributed by atoms with Crippen molar-refractivity contribution in [2.24, 2.45) is 0 Å². The molecule has 0 atom stereocenters. The van der Waals surface area contributed by atoms with E-state index in [1.165, 1.54) is 23.1 Å². The topological polar surface area (TPSA) is 79.8 Å². The summed E-state index contributed by atoms with van der Waals surface area (Å²) in [6.45, 7) is 0. The molecule has 0 spiro atoms. The molecule has 0 aliphatic carbocycles. The zero-order valence-corrected chi connectivity index (χ0v) is 17.1.